The first kappa shape index (κ1) is 10.4. The number of allylic oxidation sites excluding steroid dienone is 2. The molecule has 0 aliphatic heterocycles. The van der Waals surface area contributed by atoms with E-state index in [1.165, 1.54) is 11.3 Å². The monoisotopic (exact) mass is 223 g/mol. The molecule has 3 nitrogen and oxygen atoms in total. The van der Waals surface area contributed by atoms with Gasteiger partial charge in [-0.2, -0.15) is 0 Å². The number of nitrogens with zero attached hydrogens (tertiary/aromatic N) is 1. The van der Waals surface area contributed by atoms with Crippen LogP contribution in [-0.4, -0.2) is 17.9 Å². The molecular weight excluding hydrogens is 210 g/mol. The van der Waals surface area contributed by atoms with Gasteiger partial charge in [-0.3, -0.25) is 4.79 Å². The molecule has 15 heavy (non-hydrogen) atoms. The highest BCUT2D eigenvalue weighted by Gasteiger charge is 2.19. The number of carbonyl (C=O) groups excluding carboxylic acids is 1. The van der Waals surface area contributed by atoms with Crippen LogP contribution in [0, 0.1) is 5.92 Å². The van der Waals surface area contributed by atoms with Crippen LogP contribution in [0.25, 0.3) is 5.57 Å². The topological polar surface area (TPSA) is 39.2 Å². The predicted molar refractivity (Wildman–Crippen MR) is 60.0 cm³/mol. The molecule has 0 spiro atoms. The first-order valence-electron chi connectivity index (χ1n) is 4.92. The second kappa shape index (κ2) is 4.14. The van der Waals surface area contributed by atoms with Crippen LogP contribution in [0.4, 0.5) is 0 Å². The first-order chi connectivity index (χ1) is 7.19. The van der Waals surface area contributed by atoms with Crippen molar-refractivity contribution in [2.45, 2.75) is 19.8 Å². The molecule has 1 heterocycles. The van der Waals surface area contributed by atoms with Gasteiger partial charge in [-0.05, 0) is 24.0 Å². The molecule has 0 amide bonds. The zero-order valence-corrected chi connectivity index (χ0v) is 9.63. The van der Waals surface area contributed by atoms with E-state index < -0.39 is 0 Å². The summed E-state index contributed by atoms with van der Waals surface area (Å²) >= 11 is 1.46. The van der Waals surface area contributed by atoms with Gasteiger partial charge in [-0.1, -0.05) is 18.3 Å². The largest absolute Gasteiger partial charge is 0.473 e. The summed E-state index contributed by atoms with van der Waals surface area (Å²) < 4.78 is 5.03. The van der Waals surface area contributed by atoms with E-state index in [2.05, 4.69) is 11.9 Å². The molecule has 1 atom stereocenters. The van der Waals surface area contributed by atoms with E-state index in [0.29, 0.717) is 17.5 Å². The minimum atomic E-state index is 0.204. The Morgan fingerprint density at radius 2 is 2.33 bits per heavy atom. The second-order valence-electron chi connectivity index (χ2n) is 3.85. The van der Waals surface area contributed by atoms with Crippen LogP contribution >= 0.6 is 11.3 Å². The molecular formula is C11H13NO2S. The maximum Gasteiger partial charge on any atom is 0.273 e. The van der Waals surface area contributed by atoms with Gasteiger partial charge in [-0.25, -0.2) is 4.98 Å². The van der Waals surface area contributed by atoms with Crippen LogP contribution in [0.1, 0.15) is 25.5 Å². The van der Waals surface area contributed by atoms with Crippen molar-refractivity contribution >= 4 is 22.7 Å². The van der Waals surface area contributed by atoms with Crippen molar-refractivity contribution in [1.29, 1.82) is 0 Å². The fourth-order valence-corrected chi connectivity index (χ4v) is 2.44. The van der Waals surface area contributed by atoms with Gasteiger partial charge in [0, 0.05) is 11.8 Å². The Hall–Kier alpha value is -1.16. The fraction of sp³-hybridized carbons (Fsp3) is 0.455. The summed E-state index contributed by atoms with van der Waals surface area (Å²) in [4.78, 5) is 15.7. The SMILES string of the molecule is COc1nc(C2=CC(=O)CC(C)C2)cs1. The number of hydrogen-bond acceptors (Lipinski definition) is 4. The van der Waals surface area contributed by atoms with E-state index in [1.807, 2.05) is 5.38 Å². The number of carbonyl (C=O) groups is 1. The lowest BCUT2D eigenvalue weighted by Crippen LogP contribution is -2.10. The molecule has 1 aliphatic rings. The van der Waals surface area contributed by atoms with Gasteiger partial charge in [0.05, 0.1) is 12.8 Å². The maximum absolute atomic E-state index is 11.4. The number of thiazole rings is 1. The number of rotatable bonds is 2. The van der Waals surface area contributed by atoms with Crippen LogP contribution in [-0.2, 0) is 4.79 Å². The summed E-state index contributed by atoms with van der Waals surface area (Å²) in [6, 6.07) is 0. The van der Waals surface area contributed by atoms with E-state index in [1.54, 1.807) is 13.2 Å². The highest BCUT2D eigenvalue weighted by Crippen LogP contribution is 2.31. The lowest BCUT2D eigenvalue weighted by molar-refractivity contribution is -0.115. The van der Waals surface area contributed by atoms with E-state index in [-0.39, 0.29) is 5.78 Å². The molecule has 0 N–H and O–H groups in total. The molecule has 0 fully saturated rings. The first-order valence-corrected chi connectivity index (χ1v) is 5.80. The lowest BCUT2D eigenvalue weighted by Gasteiger charge is -2.16. The van der Waals surface area contributed by atoms with Crippen LogP contribution in [0.3, 0.4) is 0 Å². The normalized spacial score (nSPS) is 21.3. The summed E-state index contributed by atoms with van der Waals surface area (Å²) in [5.41, 5.74) is 1.93. The molecule has 0 radical (unpaired) electrons. The fourth-order valence-electron chi connectivity index (χ4n) is 1.78. The Labute approximate surface area is 92.8 Å². The molecule has 0 saturated heterocycles. The van der Waals surface area contributed by atoms with Gasteiger partial charge >= 0.3 is 0 Å². The molecule has 2 rings (SSSR count). The molecule has 1 aliphatic carbocycles. The molecule has 1 aromatic heterocycles. The summed E-state index contributed by atoms with van der Waals surface area (Å²) in [5.74, 6) is 0.626. The Balaban J connectivity index is 2.26. The van der Waals surface area contributed by atoms with E-state index in [9.17, 15) is 4.79 Å². The predicted octanol–water partition coefficient (Wildman–Crippen LogP) is 2.53. The Morgan fingerprint density at radius 3 is 2.93 bits per heavy atom. The molecule has 0 bridgehead atoms. The van der Waals surface area contributed by atoms with E-state index in [4.69, 9.17) is 4.74 Å². The van der Waals surface area contributed by atoms with Gasteiger partial charge in [0.25, 0.3) is 5.19 Å². The summed E-state index contributed by atoms with van der Waals surface area (Å²) in [5, 5.41) is 2.59. The zero-order chi connectivity index (χ0) is 10.8. The van der Waals surface area contributed by atoms with Crippen molar-refractivity contribution in [1.82, 2.24) is 4.98 Å². The smallest absolute Gasteiger partial charge is 0.273 e. The van der Waals surface area contributed by atoms with Crippen molar-refractivity contribution < 1.29 is 9.53 Å². The number of hydrogen-bond donors (Lipinski definition) is 0. The number of ether oxygens (including phenoxy) is 1. The number of ketones is 1. The summed E-state index contributed by atoms with van der Waals surface area (Å²) in [7, 11) is 1.60. The van der Waals surface area contributed by atoms with Gasteiger partial charge in [0.1, 0.15) is 0 Å². The quantitative estimate of drug-likeness (QED) is 0.773. The molecule has 0 saturated carbocycles. The maximum atomic E-state index is 11.4. The Bertz CT molecular complexity index is 408. The van der Waals surface area contributed by atoms with Crippen molar-refractivity contribution in [3.8, 4) is 5.19 Å². The third-order valence-electron chi connectivity index (χ3n) is 2.44. The average molecular weight is 223 g/mol. The van der Waals surface area contributed by atoms with Crippen molar-refractivity contribution in [2.24, 2.45) is 5.92 Å². The van der Waals surface area contributed by atoms with Gasteiger partial charge in [0.2, 0.25) is 0 Å². The lowest BCUT2D eigenvalue weighted by atomic mass is 9.88. The van der Waals surface area contributed by atoms with Crippen LogP contribution in [0.5, 0.6) is 5.19 Å². The van der Waals surface area contributed by atoms with E-state index in [0.717, 1.165) is 17.7 Å². The standard InChI is InChI=1S/C11H13NO2S/c1-7-3-8(5-9(13)4-7)10-6-15-11(12-10)14-2/h5-7H,3-4H2,1-2H3. The summed E-state index contributed by atoms with van der Waals surface area (Å²) in [6.45, 7) is 2.09. The van der Waals surface area contributed by atoms with Crippen molar-refractivity contribution in [2.75, 3.05) is 7.11 Å². The second-order valence-corrected chi connectivity index (χ2v) is 4.67. The van der Waals surface area contributed by atoms with Crippen LogP contribution in [0.15, 0.2) is 11.5 Å². The number of aromatic nitrogens is 1. The van der Waals surface area contributed by atoms with Gasteiger partial charge < -0.3 is 4.74 Å². The number of methoxy groups -OCH3 is 1. The molecule has 0 aromatic carbocycles. The molecule has 4 heteroatoms. The van der Waals surface area contributed by atoms with Gasteiger partial charge in [0.15, 0.2) is 5.78 Å². The minimum Gasteiger partial charge on any atom is -0.473 e. The highest BCUT2D eigenvalue weighted by atomic mass is 32.1. The van der Waals surface area contributed by atoms with Crippen LogP contribution < -0.4 is 4.74 Å². The average Bonchev–Trinajstić information content (AvgIpc) is 2.64. The zero-order valence-electron chi connectivity index (χ0n) is 8.82. The minimum absolute atomic E-state index is 0.204. The molecule has 80 valence electrons. The Morgan fingerprint density at radius 1 is 1.53 bits per heavy atom. The highest BCUT2D eigenvalue weighted by molar-refractivity contribution is 7.11. The van der Waals surface area contributed by atoms with Crippen LogP contribution in [0.2, 0.25) is 0 Å². The molecule has 1 aromatic rings. The Kier molecular flexibility index (Phi) is 2.86. The van der Waals surface area contributed by atoms with E-state index >= 15 is 0 Å². The van der Waals surface area contributed by atoms with Crippen molar-refractivity contribution in [3.63, 3.8) is 0 Å². The molecule has 1 unspecified atom stereocenters. The van der Waals surface area contributed by atoms with Crippen molar-refractivity contribution in [3.05, 3.63) is 17.2 Å². The third-order valence-corrected chi connectivity index (χ3v) is 3.24. The summed E-state index contributed by atoms with van der Waals surface area (Å²) in [6.07, 6.45) is 3.30. The van der Waals surface area contributed by atoms with Gasteiger partial charge in [-0.15, -0.1) is 0 Å². The third kappa shape index (κ3) is 2.26.